The lowest BCUT2D eigenvalue weighted by molar-refractivity contribution is -0.114. The van der Waals surface area contributed by atoms with Crippen molar-refractivity contribution in [1.82, 2.24) is 10.3 Å². The van der Waals surface area contributed by atoms with Crippen LogP contribution >= 0.6 is 23.1 Å². The van der Waals surface area contributed by atoms with E-state index in [0.29, 0.717) is 39.2 Å². The minimum absolute atomic E-state index is 0.00814. The molecule has 0 spiro atoms. The van der Waals surface area contributed by atoms with Crippen LogP contribution in [-0.2, 0) is 9.59 Å². The van der Waals surface area contributed by atoms with Crippen LogP contribution in [-0.4, -0.2) is 49.8 Å². The fraction of sp³-hybridized carbons (Fsp3) is 0.158. The van der Waals surface area contributed by atoms with Crippen LogP contribution in [0.3, 0.4) is 0 Å². The molecule has 5 rings (SSSR count). The molecule has 0 aliphatic heterocycles. The van der Waals surface area contributed by atoms with E-state index in [-0.39, 0.29) is 17.4 Å². The molecule has 50 heavy (non-hydrogen) atoms. The van der Waals surface area contributed by atoms with Crippen molar-refractivity contribution in [3.05, 3.63) is 118 Å². The number of hydrogen-bond donors (Lipinski definition) is 3. The number of carbonyl (C=O) groups is 3. The second-order valence-electron chi connectivity index (χ2n) is 10.9. The highest BCUT2D eigenvalue weighted by Crippen LogP contribution is 2.39. The number of rotatable bonds is 13. The van der Waals surface area contributed by atoms with Gasteiger partial charge in [0.2, 0.25) is 11.7 Å². The topological polar surface area (TPSA) is 128 Å². The van der Waals surface area contributed by atoms with Crippen molar-refractivity contribution >= 4 is 57.7 Å². The van der Waals surface area contributed by atoms with Gasteiger partial charge in [0, 0.05) is 26.6 Å². The molecule has 1 heterocycles. The van der Waals surface area contributed by atoms with Gasteiger partial charge in [0.15, 0.2) is 16.6 Å². The summed E-state index contributed by atoms with van der Waals surface area (Å²) in [6, 6.07) is 27.1. The van der Waals surface area contributed by atoms with Crippen LogP contribution in [0, 0.1) is 13.8 Å². The predicted molar refractivity (Wildman–Crippen MR) is 199 cm³/mol. The van der Waals surface area contributed by atoms with E-state index in [4.69, 9.17) is 14.2 Å². The number of nitrogens with zero attached hydrogens (tertiary/aromatic N) is 1. The van der Waals surface area contributed by atoms with Crippen molar-refractivity contribution in [3.8, 4) is 28.5 Å². The van der Waals surface area contributed by atoms with Crippen LogP contribution in [0.2, 0.25) is 0 Å². The van der Waals surface area contributed by atoms with E-state index < -0.39 is 11.8 Å². The van der Waals surface area contributed by atoms with Crippen molar-refractivity contribution in [2.75, 3.05) is 37.7 Å². The van der Waals surface area contributed by atoms with Gasteiger partial charge in [-0.1, -0.05) is 48.0 Å². The lowest BCUT2D eigenvalue weighted by atomic mass is 10.1. The number of amides is 3. The average molecular weight is 709 g/mol. The maximum atomic E-state index is 13.6. The van der Waals surface area contributed by atoms with E-state index >= 15 is 0 Å². The highest BCUT2D eigenvalue weighted by Gasteiger charge is 2.18. The Balaban J connectivity index is 1.25. The van der Waals surface area contributed by atoms with Gasteiger partial charge in [0.25, 0.3) is 11.8 Å². The summed E-state index contributed by atoms with van der Waals surface area (Å²) >= 11 is 2.80. The molecule has 3 amide bonds. The Hall–Kier alpha value is -5.59. The van der Waals surface area contributed by atoms with Crippen molar-refractivity contribution in [2.45, 2.75) is 18.7 Å². The Bertz CT molecular complexity index is 1980. The molecular weight excluding hydrogens is 673 g/mol. The summed E-state index contributed by atoms with van der Waals surface area (Å²) in [5.74, 6) is 0.179. The zero-order valence-corrected chi connectivity index (χ0v) is 29.8. The van der Waals surface area contributed by atoms with Crippen LogP contribution in [0.4, 0.5) is 10.8 Å². The molecule has 4 aromatic carbocycles. The first-order valence-corrected chi connectivity index (χ1v) is 17.2. The predicted octanol–water partition coefficient (Wildman–Crippen LogP) is 7.59. The van der Waals surface area contributed by atoms with Crippen molar-refractivity contribution in [3.63, 3.8) is 0 Å². The first-order chi connectivity index (χ1) is 24.2. The molecule has 12 heteroatoms. The summed E-state index contributed by atoms with van der Waals surface area (Å²) in [5.41, 5.74) is 4.44. The molecule has 0 radical (unpaired) electrons. The molecule has 0 fully saturated rings. The molecule has 256 valence electrons. The quantitative estimate of drug-likeness (QED) is 0.0844. The van der Waals surface area contributed by atoms with E-state index in [9.17, 15) is 14.4 Å². The number of thiazole rings is 1. The Labute approximate surface area is 298 Å². The first-order valence-electron chi connectivity index (χ1n) is 15.4. The molecule has 0 aliphatic rings. The Morgan fingerprint density at radius 2 is 1.48 bits per heavy atom. The largest absolute Gasteiger partial charge is 0.493 e. The third-order valence-corrected chi connectivity index (χ3v) is 9.28. The minimum Gasteiger partial charge on any atom is -0.493 e. The van der Waals surface area contributed by atoms with Crippen LogP contribution in [0.15, 0.2) is 102 Å². The summed E-state index contributed by atoms with van der Waals surface area (Å²) in [7, 11) is 4.49. The lowest BCUT2D eigenvalue weighted by Gasteiger charge is -2.15. The molecule has 10 nitrogen and oxygen atoms in total. The number of benzene rings is 4. The van der Waals surface area contributed by atoms with Gasteiger partial charge in [0.1, 0.15) is 5.70 Å². The Morgan fingerprint density at radius 1 is 0.820 bits per heavy atom. The number of aromatic nitrogens is 1. The summed E-state index contributed by atoms with van der Waals surface area (Å²) in [6.07, 6.45) is 1.52. The highest BCUT2D eigenvalue weighted by atomic mass is 32.2. The van der Waals surface area contributed by atoms with Gasteiger partial charge in [0.05, 0.1) is 32.8 Å². The maximum absolute atomic E-state index is 13.6. The number of nitrogens with one attached hydrogen (secondary N) is 3. The van der Waals surface area contributed by atoms with Gasteiger partial charge >= 0.3 is 0 Å². The van der Waals surface area contributed by atoms with Crippen LogP contribution < -0.4 is 30.2 Å². The van der Waals surface area contributed by atoms with Crippen LogP contribution in [0.25, 0.3) is 17.3 Å². The zero-order chi connectivity index (χ0) is 35.6. The third-order valence-electron chi connectivity index (χ3n) is 7.38. The highest BCUT2D eigenvalue weighted by molar-refractivity contribution is 8.00. The molecule has 0 atom stereocenters. The second-order valence-corrected chi connectivity index (χ2v) is 13.2. The SMILES string of the molecule is COc1cc(/C=C(\NC(=O)c2ccccc2)C(=O)Nc2ccc(SCC(=O)Nc3nc(-c4ccc(C)cc4)c(C)s3)cc2)cc(OC)c1OC. The fourth-order valence-electron chi connectivity index (χ4n) is 4.86. The average Bonchev–Trinajstić information content (AvgIpc) is 3.50. The van der Waals surface area contributed by atoms with E-state index in [0.717, 1.165) is 21.0 Å². The van der Waals surface area contributed by atoms with E-state index in [1.807, 2.05) is 50.2 Å². The Kier molecular flexibility index (Phi) is 11.9. The molecule has 3 N–H and O–H groups in total. The summed E-state index contributed by atoms with van der Waals surface area (Å²) in [4.78, 5) is 45.9. The summed E-state index contributed by atoms with van der Waals surface area (Å²) in [6.45, 7) is 4.02. The molecule has 0 bridgehead atoms. The van der Waals surface area contributed by atoms with Crippen molar-refractivity contribution in [2.24, 2.45) is 0 Å². The van der Waals surface area contributed by atoms with Gasteiger partial charge < -0.3 is 30.2 Å². The molecule has 0 saturated carbocycles. The van der Waals surface area contributed by atoms with Crippen LogP contribution in [0.1, 0.15) is 26.4 Å². The van der Waals surface area contributed by atoms with Crippen molar-refractivity contribution in [1.29, 1.82) is 0 Å². The Morgan fingerprint density at radius 3 is 2.10 bits per heavy atom. The van der Waals surface area contributed by atoms with Gasteiger partial charge in [-0.3, -0.25) is 14.4 Å². The van der Waals surface area contributed by atoms with E-state index in [1.54, 1.807) is 54.6 Å². The molecule has 0 saturated heterocycles. The monoisotopic (exact) mass is 708 g/mol. The summed E-state index contributed by atoms with van der Waals surface area (Å²) in [5, 5.41) is 9.03. The second kappa shape index (κ2) is 16.7. The molecule has 0 aliphatic carbocycles. The molecule has 1 aromatic heterocycles. The van der Waals surface area contributed by atoms with Gasteiger partial charge in [-0.2, -0.15) is 0 Å². The van der Waals surface area contributed by atoms with E-state index in [2.05, 4.69) is 20.9 Å². The minimum atomic E-state index is -0.549. The maximum Gasteiger partial charge on any atom is 0.272 e. The number of aryl methyl sites for hydroxylation is 2. The standard InChI is InChI=1S/C38H36N4O6S2/c1-23-11-13-26(14-12-23)34-24(2)50-38(42-34)41-33(43)22-49-29-17-15-28(16-18-29)39-37(45)30(40-36(44)27-9-7-6-8-10-27)19-25-20-31(46-3)35(48-5)32(21-25)47-4/h6-21H,22H2,1-5H3,(H,39,45)(H,40,44)(H,41,42,43)/b30-19-. The van der Waals surface area contributed by atoms with Crippen molar-refractivity contribution < 1.29 is 28.6 Å². The zero-order valence-electron chi connectivity index (χ0n) is 28.2. The lowest BCUT2D eigenvalue weighted by Crippen LogP contribution is -2.30. The third kappa shape index (κ3) is 9.10. The van der Waals surface area contributed by atoms with Gasteiger partial charge in [-0.15, -0.1) is 23.1 Å². The number of thioether (sulfide) groups is 1. The van der Waals surface area contributed by atoms with Gasteiger partial charge in [-0.05, 0) is 74.0 Å². The number of methoxy groups -OCH3 is 3. The number of ether oxygens (including phenoxy) is 3. The first kappa shape index (κ1) is 35.7. The van der Waals surface area contributed by atoms with Crippen LogP contribution in [0.5, 0.6) is 17.2 Å². The fourth-order valence-corrected chi connectivity index (χ4v) is 6.41. The number of hydrogen-bond acceptors (Lipinski definition) is 9. The van der Waals surface area contributed by atoms with E-state index in [1.165, 1.54) is 56.1 Å². The normalized spacial score (nSPS) is 11.0. The smallest absolute Gasteiger partial charge is 0.272 e. The molecular formula is C38H36N4O6S2. The number of anilines is 2. The molecule has 0 unspecified atom stereocenters. The summed E-state index contributed by atoms with van der Waals surface area (Å²) < 4.78 is 16.3. The molecule has 5 aromatic rings. The number of carbonyl (C=O) groups excluding carboxylic acids is 3. The van der Waals surface area contributed by atoms with Gasteiger partial charge in [-0.25, -0.2) is 4.98 Å².